The summed E-state index contributed by atoms with van der Waals surface area (Å²) in [6.07, 6.45) is -1.93. The predicted octanol–water partition coefficient (Wildman–Crippen LogP) is 7.11. The number of fused-ring (bicyclic) bond motifs is 3. The molecule has 0 bridgehead atoms. The number of imide groups is 1. The Morgan fingerprint density at radius 1 is 0.758 bits per heavy atom. The van der Waals surface area contributed by atoms with Crippen molar-refractivity contribution in [2.24, 2.45) is 5.92 Å². The molecule has 1 spiro atoms. The van der Waals surface area contributed by atoms with Crippen LogP contribution in [0.1, 0.15) is 82.6 Å². The molecule has 3 aliphatic rings. The number of benzene rings is 6. The number of esters is 1. The van der Waals surface area contributed by atoms with E-state index in [-0.39, 0.29) is 36.6 Å². The summed E-state index contributed by atoms with van der Waals surface area (Å²) < 4.78 is 6.52. The van der Waals surface area contributed by atoms with E-state index in [0.717, 1.165) is 16.0 Å². The van der Waals surface area contributed by atoms with Gasteiger partial charge in [-0.05, 0) is 70.6 Å². The van der Waals surface area contributed by atoms with Crippen molar-refractivity contribution < 1.29 is 39.2 Å². The number of phenolic OH excluding ortho intramolecular Hbond substituents is 1. The fourth-order valence-corrected chi connectivity index (χ4v) is 10.0. The third-order valence-electron chi connectivity index (χ3n) is 12.9. The van der Waals surface area contributed by atoms with Crippen molar-refractivity contribution >= 4 is 29.5 Å². The maximum Gasteiger partial charge on any atom is 0.329 e. The van der Waals surface area contributed by atoms with E-state index in [1.807, 2.05) is 102 Å². The first kappa shape index (κ1) is 43.7. The Kier molecular flexibility index (Phi) is 12.2. The Balaban J connectivity index is 1.31. The number of aliphatic hydroxyl groups excluding tert-OH is 2. The van der Waals surface area contributed by atoms with Gasteiger partial charge in [0.1, 0.15) is 23.3 Å². The number of cyclic esters (lactones) is 1. The minimum atomic E-state index is -2.07. The van der Waals surface area contributed by atoms with Gasteiger partial charge in [-0.15, -0.1) is 0 Å². The summed E-state index contributed by atoms with van der Waals surface area (Å²) >= 11 is 0. The maximum absolute atomic E-state index is 16.4. The fraction of sp³-hybridized carbons (Fsp3) is 0.222. The quantitative estimate of drug-likeness (QED) is 0.0712. The zero-order chi connectivity index (χ0) is 46.0. The number of anilines is 1. The summed E-state index contributed by atoms with van der Waals surface area (Å²) in [7, 11) is 0. The molecule has 3 heterocycles. The number of phenols is 1. The molecule has 9 rings (SSSR count). The number of ether oxygens (including phenoxy) is 1. The highest BCUT2D eigenvalue weighted by Gasteiger charge is 2.75. The van der Waals surface area contributed by atoms with Gasteiger partial charge < -0.3 is 30.7 Å². The third kappa shape index (κ3) is 7.77. The fourth-order valence-electron chi connectivity index (χ4n) is 10.0. The van der Waals surface area contributed by atoms with Gasteiger partial charge in [-0.1, -0.05) is 145 Å². The smallest absolute Gasteiger partial charge is 0.329 e. The van der Waals surface area contributed by atoms with Gasteiger partial charge in [0.05, 0.1) is 42.4 Å². The molecule has 5 N–H and O–H groups in total. The van der Waals surface area contributed by atoms with Gasteiger partial charge >= 0.3 is 12.0 Å². The highest BCUT2D eigenvalue weighted by molar-refractivity contribution is 6.24. The number of nitrogens with zero attached hydrogens (tertiary/aromatic N) is 2. The predicted molar refractivity (Wildman–Crippen MR) is 246 cm³/mol. The van der Waals surface area contributed by atoms with Gasteiger partial charge in [-0.2, -0.15) is 0 Å². The molecule has 0 radical (unpaired) electrons. The van der Waals surface area contributed by atoms with E-state index in [1.165, 1.54) is 12.1 Å². The monoisotopic (exact) mass is 880 g/mol. The molecule has 0 saturated carbocycles. The first-order valence-electron chi connectivity index (χ1n) is 21.9. The maximum atomic E-state index is 16.4. The SMILES string of the molecule is C[C@@H](NC(=O)N1C(=O)[C@@]2(c3cc(C#CCCO)ccc31)[C@H](c1ccc(O)cc1)N1[C@H](c3ccccc3)[C@H](c3ccccc3)OC(=O)[C@H]1[C@@H]2C(=O)NC[C@H](O)c1ccccc1)c1ccccc1. The summed E-state index contributed by atoms with van der Waals surface area (Å²) in [6.45, 7) is 1.34. The van der Waals surface area contributed by atoms with Crippen LogP contribution in [0.15, 0.2) is 164 Å². The molecule has 0 aromatic heterocycles. The first-order chi connectivity index (χ1) is 32.1. The van der Waals surface area contributed by atoms with E-state index in [4.69, 9.17) is 4.74 Å². The average Bonchev–Trinajstić information content (AvgIpc) is 3.81. The lowest BCUT2D eigenvalue weighted by molar-refractivity contribution is -0.178. The summed E-state index contributed by atoms with van der Waals surface area (Å²) in [6, 6.07) is 43.3. The number of aromatic hydroxyl groups is 1. The number of aliphatic hydroxyl groups is 2. The van der Waals surface area contributed by atoms with Crippen LogP contribution in [0.4, 0.5) is 10.5 Å². The molecule has 3 aliphatic heterocycles. The summed E-state index contributed by atoms with van der Waals surface area (Å²) in [5.74, 6) is 2.11. The molecule has 12 nitrogen and oxygen atoms in total. The molecule has 6 aromatic rings. The van der Waals surface area contributed by atoms with Crippen LogP contribution in [-0.2, 0) is 24.5 Å². The van der Waals surface area contributed by atoms with Crippen LogP contribution in [-0.4, -0.2) is 63.2 Å². The van der Waals surface area contributed by atoms with Crippen LogP contribution in [0.25, 0.3) is 0 Å². The standard InChI is InChI=1S/C54H48N4O8/c1-34(36-17-6-2-7-18-36)56-53(65)57-43-30-25-35(16-14-15-31-59)32-42(43)54(52(57)64)45(50(62)55-33-44(61)37-19-8-3-9-20-37)47-51(63)66-48(39-23-12-5-13-24-39)46(38-21-10-4-11-22-38)58(47)49(54)40-26-28-41(60)29-27-40/h2-13,17-30,32,34,44-49,59-61H,15,31,33H2,1H3,(H,55,62)(H,56,65)/t34-,44+,45-,46-,47-,48+,49+,54-/m1/s1. The molecule has 12 heteroatoms. The molecule has 4 amide bonds. The zero-order valence-electron chi connectivity index (χ0n) is 36.0. The molecular weight excluding hydrogens is 833 g/mol. The number of morpholine rings is 1. The molecular formula is C54H48N4O8. The van der Waals surface area contributed by atoms with Gasteiger partial charge in [0, 0.05) is 18.5 Å². The molecule has 8 atom stereocenters. The van der Waals surface area contributed by atoms with Crippen molar-refractivity contribution in [2.75, 3.05) is 18.1 Å². The molecule has 2 fully saturated rings. The lowest BCUT2D eigenvalue weighted by atomic mass is 9.65. The minimum absolute atomic E-state index is 0.0538. The van der Waals surface area contributed by atoms with Gasteiger partial charge in [-0.3, -0.25) is 19.3 Å². The van der Waals surface area contributed by atoms with Gasteiger partial charge in [0.25, 0.3) is 0 Å². The van der Waals surface area contributed by atoms with Crippen LogP contribution in [0, 0.1) is 17.8 Å². The van der Waals surface area contributed by atoms with E-state index in [2.05, 4.69) is 22.5 Å². The Morgan fingerprint density at radius 2 is 1.36 bits per heavy atom. The second-order valence-electron chi connectivity index (χ2n) is 16.8. The number of hydrogen-bond acceptors (Lipinski definition) is 9. The van der Waals surface area contributed by atoms with Crippen LogP contribution >= 0.6 is 0 Å². The largest absolute Gasteiger partial charge is 0.508 e. The Morgan fingerprint density at radius 3 is 2.00 bits per heavy atom. The van der Waals surface area contributed by atoms with Crippen molar-refractivity contribution in [2.45, 2.75) is 55.1 Å². The molecule has 0 aliphatic carbocycles. The topological polar surface area (TPSA) is 169 Å². The lowest BCUT2D eigenvalue weighted by Crippen LogP contribution is -2.56. The lowest BCUT2D eigenvalue weighted by Gasteiger charge is -2.46. The number of nitrogens with one attached hydrogen (secondary N) is 2. The molecule has 332 valence electrons. The molecule has 6 aromatic carbocycles. The van der Waals surface area contributed by atoms with Crippen molar-refractivity contribution in [3.8, 4) is 17.6 Å². The highest BCUT2D eigenvalue weighted by Crippen LogP contribution is 2.66. The van der Waals surface area contributed by atoms with Crippen molar-refractivity contribution in [1.29, 1.82) is 0 Å². The number of urea groups is 1. The number of carbonyl (C=O) groups is 4. The Bertz CT molecular complexity index is 2800. The van der Waals surface area contributed by atoms with E-state index in [1.54, 1.807) is 61.5 Å². The number of hydrogen-bond donors (Lipinski definition) is 5. The van der Waals surface area contributed by atoms with Gasteiger partial charge in [0.15, 0.2) is 0 Å². The van der Waals surface area contributed by atoms with E-state index in [9.17, 15) is 20.1 Å². The summed E-state index contributed by atoms with van der Waals surface area (Å²) in [4.78, 5) is 65.2. The van der Waals surface area contributed by atoms with Crippen LogP contribution in [0.5, 0.6) is 5.75 Å². The Hall–Kier alpha value is -7.56. The van der Waals surface area contributed by atoms with E-state index < -0.39 is 71.5 Å². The van der Waals surface area contributed by atoms with Gasteiger partial charge in [0.2, 0.25) is 11.8 Å². The minimum Gasteiger partial charge on any atom is -0.508 e. The van der Waals surface area contributed by atoms with Crippen LogP contribution in [0.2, 0.25) is 0 Å². The van der Waals surface area contributed by atoms with Crippen molar-refractivity contribution in [3.63, 3.8) is 0 Å². The molecule has 2 saturated heterocycles. The normalized spacial score (nSPS) is 22.9. The summed E-state index contributed by atoms with van der Waals surface area (Å²) in [5.41, 5.74) is 2.00. The second kappa shape index (κ2) is 18.5. The first-order valence-corrected chi connectivity index (χ1v) is 21.9. The number of rotatable bonds is 10. The second-order valence-corrected chi connectivity index (χ2v) is 16.8. The van der Waals surface area contributed by atoms with Crippen LogP contribution in [0.3, 0.4) is 0 Å². The molecule has 66 heavy (non-hydrogen) atoms. The van der Waals surface area contributed by atoms with Crippen LogP contribution < -0.4 is 15.5 Å². The zero-order valence-corrected chi connectivity index (χ0v) is 36.0. The van der Waals surface area contributed by atoms with Crippen molar-refractivity contribution in [1.82, 2.24) is 15.5 Å². The summed E-state index contributed by atoms with van der Waals surface area (Å²) in [5, 5.41) is 37.7. The van der Waals surface area contributed by atoms with E-state index in [0.29, 0.717) is 22.3 Å². The van der Waals surface area contributed by atoms with Gasteiger partial charge in [-0.25, -0.2) is 9.69 Å². The number of carbonyl (C=O) groups excluding carboxylic acids is 4. The van der Waals surface area contributed by atoms with E-state index >= 15 is 14.4 Å². The highest BCUT2D eigenvalue weighted by atomic mass is 16.6. The Labute approximate surface area is 382 Å². The third-order valence-corrected chi connectivity index (χ3v) is 12.9. The average molecular weight is 881 g/mol. The van der Waals surface area contributed by atoms with Crippen molar-refractivity contribution in [3.05, 3.63) is 203 Å². The number of amides is 4. The molecule has 0 unspecified atom stereocenters.